The van der Waals surface area contributed by atoms with Gasteiger partial charge in [-0.3, -0.25) is 0 Å². The van der Waals surface area contributed by atoms with E-state index in [0.29, 0.717) is 5.69 Å². The Morgan fingerprint density at radius 3 is 2.52 bits per heavy atom. The Labute approximate surface area is 133 Å². The topological polar surface area (TPSA) is 120 Å². The van der Waals surface area contributed by atoms with Crippen LogP contribution in [0.3, 0.4) is 0 Å². The van der Waals surface area contributed by atoms with E-state index in [0.717, 1.165) is 16.9 Å². The Balaban J connectivity index is 1.90. The number of aromatic nitrogens is 2. The largest absolute Gasteiger partial charge is 0.370 e. The molecule has 0 amide bonds. The van der Waals surface area contributed by atoms with Crippen molar-refractivity contribution in [1.29, 1.82) is 0 Å². The molecule has 23 heavy (non-hydrogen) atoms. The van der Waals surface area contributed by atoms with Gasteiger partial charge in [0.25, 0.3) is 0 Å². The second-order valence-corrected chi connectivity index (χ2v) is 5.15. The number of aryl methyl sites for hydroxylation is 1. The number of hydrogen-bond acceptors (Lipinski definition) is 2. The number of guanidine groups is 2. The lowest BCUT2D eigenvalue weighted by Crippen LogP contribution is -2.26. The summed E-state index contributed by atoms with van der Waals surface area (Å²) in [4.78, 5) is 12.4. The zero-order chi connectivity index (χ0) is 16.4. The molecule has 0 saturated heterocycles. The molecule has 0 aliphatic heterocycles. The first-order valence-electron chi connectivity index (χ1n) is 7.01. The van der Waals surface area contributed by atoms with Crippen LogP contribution in [0.25, 0.3) is 16.9 Å². The summed E-state index contributed by atoms with van der Waals surface area (Å²) in [5.74, 6) is -0.108. The normalized spacial score (nSPS) is 11.6. The number of rotatable bonds is 2. The minimum absolute atomic E-state index is 0.0148. The molecule has 0 aliphatic rings. The summed E-state index contributed by atoms with van der Waals surface area (Å²) >= 11 is 0. The van der Waals surface area contributed by atoms with E-state index in [4.69, 9.17) is 17.2 Å². The molecule has 7 heteroatoms. The molecule has 1 aromatic carbocycles. The molecule has 0 radical (unpaired) electrons. The summed E-state index contributed by atoms with van der Waals surface area (Å²) in [7, 11) is 0. The molecular weight excluding hydrogens is 290 g/mol. The van der Waals surface area contributed by atoms with Crippen molar-refractivity contribution in [2.75, 3.05) is 0 Å². The Morgan fingerprint density at radius 2 is 1.83 bits per heavy atom. The van der Waals surface area contributed by atoms with Gasteiger partial charge in [-0.25, -0.2) is 9.98 Å². The zero-order valence-corrected chi connectivity index (χ0v) is 12.6. The average Bonchev–Trinajstić information content (AvgIpc) is 2.90. The Kier molecular flexibility index (Phi) is 3.68. The number of pyridine rings is 1. The summed E-state index contributed by atoms with van der Waals surface area (Å²) < 4.78 is 1.99. The van der Waals surface area contributed by atoms with Crippen LogP contribution in [0, 0.1) is 6.92 Å². The number of aliphatic imine (C=N–C) groups is 2. The van der Waals surface area contributed by atoms with E-state index < -0.39 is 0 Å². The van der Waals surface area contributed by atoms with Crippen LogP contribution in [-0.4, -0.2) is 21.3 Å². The van der Waals surface area contributed by atoms with Crippen LogP contribution in [0.4, 0.5) is 5.69 Å². The highest BCUT2D eigenvalue weighted by molar-refractivity contribution is 5.93. The van der Waals surface area contributed by atoms with Crippen molar-refractivity contribution in [3.8, 4) is 11.3 Å². The fraction of sp³-hybridized carbons (Fsp3) is 0.0625. The number of imidazole rings is 1. The van der Waals surface area contributed by atoms with E-state index >= 15 is 0 Å². The molecule has 6 N–H and O–H groups in total. The van der Waals surface area contributed by atoms with Gasteiger partial charge < -0.3 is 21.6 Å². The number of fused-ring (bicyclic) bond motifs is 1. The van der Waals surface area contributed by atoms with Gasteiger partial charge in [0.1, 0.15) is 5.65 Å². The first kappa shape index (κ1) is 14.6. The number of hydrogen-bond donors (Lipinski definition) is 3. The average molecular weight is 307 g/mol. The van der Waals surface area contributed by atoms with Crippen molar-refractivity contribution in [3.63, 3.8) is 0 Å². The van der Waals surface area contributed by atoms with Crippen molar-refractivity contribution in [2.45, 2.75) is 6.92 Å². The highest BCUT2D eigenvalue weighted by atomic mass is 15.1. The highest BCUT2D eigenvalue weighted by Gasteiger charge is 2.04. The van der Waals surface area contributed by atoms with E-state index in [1.165, 1.54) is 5.56 Å². The van der Waals surface area contributed by atoms with Gasteiger partial charge in [-0.15, -0.1) is 0 Å². The van der Waals surface area contributed by atoms with Crippen molar-refractivity contribution >= 4 is 23.3 Å². The quantitative estimate of drug-likeness (QED) is 0.491. The van der Waals surface area contributed by atoms with Gasteiger partial charge in [-0.05, 0) is 36.8 Å². The third kappa shape index (κ3) is 3.29. The molecule has 0 unspecified atom stereocenters. The van der Waals surface area contributed by atoms with Crippen molar-refractivity contribution in [2.24, 2.45) is 27.2 Å². The number of nitrogens with two attached hydrogens (primary N) is 3. The second-order valence-electron chi connectivity index (χ2n) is 5.15. The molecule has 116 valence electrons. The van der Waals surface area contributed by atoms with Crippen molar-refractivity contribution in [3.05, 3.63) is 54.4 Å². The number of nitrogens with zero attached hydrogens (tertiary/aromatic N) is 4. The van der Waals surface area contributed by atoms with Gasteiger partial charge in [0.15, 0.2) is 5.96 Å². The molecule has 0 aliphatic carbocycles. The van der Waals surface area contributed by atoms with Crippen molar-refractivity contribution in [1.82, 2.24) is 9.38 Å². The van der Waals surface area contributed by atoms with Gasteiger partial charge in [0, 0.05) is 18.0 Å². The Morgan fingerprint density at radius 1 is 1.09 bits per heavy atom. The minimum atomic E-state index is -0.122. The van der Waals surface area contributed by atoms with Crippen LogP contribution in [0.2, 0.25) is 0 Å². The second kappa shape index (κ2) is 5.80. The Hall–Kier alpha value is -3.35. The monoisotopic (exact) mass is 307 g/mol. The van der Waals surface area contributed by atoms with Crippen LogP contribution in [-0.2, 0) is 0 Å². The lowest BCUT2D eigenvalue weighted by atomic mass is 10.1. The lowest BCUT2D eigenvalue weighted by molar-refractivity contribution is 1.17. The molecule has 3 aromatic rings. The van der Waals surface area contributed by atoms with Crippen LogP contribution < -0.4 is 17.2 Å². The van der Waals surface area contributed by atoms with E-state index in [1.54, 1.807) is 0 Å². The molecule has 0 bridgehead atoms. The summed E-state index contributed by atoms with van der Waals surface area (Å²) in [6.45, 7) is 2.04. The van der Waals surface area contributed by atoms with E-state index in [2.05, 4.69) is 15.0 Å². The third-order valence-corrected chi connectivity index (χ3v) is 3.27. The highest BCUT2D eigenvalue weighted by Crippen LogP contribution is 2.22. The molecule has 0 fully saturated rings. The maximum Gasteiger partial charge on any atom is 0.223 e. The zero-order valence-electron chi connectivity index (χ0n) is 12.6. The molecule has 2 aromatic heterocycles. The van der Waals surface area contributed by atoms with Gasteiger partial charge >= 0.3 is 0 Å². The van der Waals surface area contributed by atoms with E-state index in [-0.39, 0.29) is 11.9 Å². The number of benzene rings is 1. The van der Waals surface area contributed by atoms with Gasteiger partial charge in [0.2, 0.25) is 5.96 Å². The molecule has 0 atom stereocenters. The molecule has 2 heterocycles. The SMILES string of the molecule is Cc1ccn2cc(-c3ccc(N=C(N)N=C(N)N)cc3)nc2c1. The molecule has 0 spiro atoms. The molecular formula is C16H17N7. The Bertz CT molecular complexity index is 900. The van der Waals surface area contributed by atoms with E-state index in [9.17, 15) is 0 Å². The summed E-state index contributed by atoms with van der Waals surface area (Å²) in [5, 5.41) is 0. The minimum Gasteiger partial charge on any atom is -0.370 e. The first-order valence-corrected chi connectivity index (χ1v) is 7.01. The van der Waals surface area contributed by atoms with Gasteiger partial charge in [-0.1, -0.05) is 12.1 Å². The first-order chi connectivity index (χ1) is 11.0. The molecule has 7 nitrogen and oxygen atoms in total. The van der Waals surface area contributed by atoms with Crippen molar-refractivity contribution < 1.29 is 0 Å². The maximum atomic E-state index is 5.61. The maximum absolute atomic E-state index is 5.61. The smallest absolute Gasteiger partial charge is 0.223 e. The predicted octanol–water partition coefficient (Wildman–Crippen LogP) is 1.53. The lowest BCUT2D eigenvalue weighted by Gasteiger charge is -1.98. The third-order valence-electron chi connectivity index (χ3n) is 3.27. The summed E-state index contributed by atoms with van der Waals surface area (Å²) in [6, 6.07) is 11.6. The van der Waals surface area contributed by atoms with Gasteiger partial charge in [-0.2, -0.15) is 4.99 Å². The van der Waals surface area contributed by atoms with Crippen LogP contribution >= 0.6 is 0 Å². The van der Waals surface area contributed by atoms with Crippen LogP contribution in [0.1, 0.15) is 5.56 Å². The fourth-order valence-corrected chi connectivity index (χ4v) is 2.22. The standard InChI is InChI=1S/C16H17N7/c1-10-6-7-23-9-13(21-14(23)8-10)11-2-4-12(5-3-11)20-16(19)22-15(17)18/h2-9H,1H3,(H6,17,18,19,20,22). The predicted molar refractivity (Wildman–Crippen MR) is 92.5 cm³/mol. The van der Waals surface area contributed by atoms with E-state index in [1.807, 2.05) is 60.1 Å². The summed E-state index contributed by atoms with van der Waals surface area (Å²) in [6.07, 6.45) is 3.98. The van der Waals surface area contributed by atoms with Crippen LogP contribution in [0.15, 0.2) is 58.8 Å². The summed E-state index contributed by atoms with van der Waals surface area (Å²) in [5.41, 5.74) is 20.7. The van der Waals surface area contributed by atoms with Gasteiger partial charge in [0.05, 0.1) is 11.4 Å². The molecule has 3 rings (SSSR count). The van der Waals surface area contributed by atoms with Crippen LogP contribution in [0.5, 0.6) is 0 Å². The molecule has 0 saturated carbocycles. The fourth-order valence-electron chi connectivity index (χ4n) is 2.22.